The van der Waals surface area contributed by atoms with E-state index in [9.17, 15) is 4.79 Å². The largest absolute Gasteiger partial charge is 0.490 e. The lowest BCUT2D eigenvalue weighted by Crippen LogP contribution is -2.37. The Morgan fingerprint density at radius 2 is 1.96 bits per heavy atom. The molecule has 0 radical (unpaired) electrons. The van der Waals surface area contributed by atoms with Crippen LogP contribution in [0.1, 0.15) is 18.4 Å². The summed E-state index contributed by atoms with van der Waals surface area (Å²) in [5.41, 5.74) is 2.01. The Bertz CT molecular complexity index is 768. The van der Waals surface area contributed by atoms with Gasteiger partial charge >= 0.3 is 0 Å². The third-order valence-corrected chi connectivity index (χ3v) is 4.98. The van der Waals surface area contributed by atoms with E-state index in [1.54, 1.807) is 6.08 Å². The first-order chi connectivity index (χ1) is 13.1. The zero-order chi connectivity index (χ0) is 19.1. The molecule has 1 heterocycles. The smallest absolute Gasteiger partial charge is 0.227 e. The number of nitrogens with one attached hydrogen (secondary N) is 1. The molecule has 2 aromatic rings. The van der Waals surface area contributed by atoms with Gasteiger partial charge in [-0.15, -0.1) is 0 Å². The van der Waals surface area contributed by atoms with Crippen LogP contribution in [0, 0.1) is 5.92 Å². The molecule has 0 spiro atoms. The molecule has 0 atom stereocenters. The summed E-state index contributed by atoms with van der Waals surface area (Å²) in [6.45, 7) is 6.80. The molecule has 1 fully saturated rings. The summed E-state index contributed by atoms with van der Waals surface area (Å²) in [6, 6.07) is 15.4. The Morgan fingerprint density at radius 1 is 1.22 bits per heavy atom. The van der Waals surface area contributed by atoms with Crippen molar-refractivity contribution < 1.29 is 9.53 Å². The van der Waals surface area contributed by atoms with Crippen molar-refractivity contribution in [2.45, 2.75) is 19.4 Å². The molecule has 0 aliphatic carbocycles. The zero-order valence-corrected chi connectivity index (χ0v) is 16.1. The standard InChI is InChI=1S/C22H25ClN2O2/c1-2-14-27-21-8-6-20(7-9-21)24-22(26)18-10-12-25(13-11-18)16-17-4-3-5-19(23)15-17/h2-9,15,18H,1,10-14,16H2,(H,24,26). The maximum absolute atomic E-state index is 12.5. The molecule has 1 amide bonds. The van der Waals surface area contributed by atoms with Crippen LogP contribution < -0.4 is 10.1 Å². The summed E-state index contributed by atoms with van der Waals surface area (Å²) in [5, 5.41) is 3.78. The topological polar surface area (TPSA) is 41.6 Å². The number of piperidine rings is 1. The van der Waals surface area contributed by atoms with Crippen molar-refractivity contribution in [2.75, 3.05) is 25.0 Å². The van der Waals surface area contributed by atoms with Gasteiger partial charge in [-0.25, -0.2) is 0 Å². The third-order valence-electron chi connectivity index (χ3n) is 4.74. The highest BCUT2D eigenvalue weighted by molar-refractivity contribution is 6.30. The maximum Gasteiger partial charge on any atom is 0.227 e. The highest BCUT2D eigenvalue weighted by Gasteiger charge is 2.25. The van der Waals surface area contributed by atoms with Gasteiger partial charge in [-0.3, -0.25) is 9.69 Å². The van der Waals surface area contributed by atoms with E-state index in [0.717, 1.165) is 48.9 Å². The van der Waals surface area contributed by atoms with Crippen LogP contribution >= 0.6 is 11.6 Å². The summed E-state index contributed by atoms with van der Waals surface area (Å²) in [5.74, 6) is 0.914. The van der Waals surface area contributed by atoms with Crippen LogP contribution in [0.4, 0.5) is 5.69 Å². The van der Waals surface area contributed by atoms with E-state index < -0.39 is 0 Å². The van der Waals surface area contributed by atoms with Gasteiger partial charge in [0, 0.05) is 23.2 Å². The minimum absolute atomic E-state index is 0.0531. The van der Waals surface area contributed by atoms with Gasteiger partial charge in [0.2, 0.25) is 5.91 Å². The van der Waals surface area contributed by atoms with Crippen molar-refractivity contribution in [3.63, 3.8) is 0 Å². The van der Waals surface area contributed by atoms with Crippen LogP contribution in [0.3, 0.4) is 0 Å². The summed E-state index contributed by atoms with van der Waals surface area (Å²) < 4.78 is 5.45. The first-order valence-electron chi connectivity index (χ1n) is 9.25. The summed E-state index contributed by atoms with van der Waals surface area (Å²) in [6.07, 6.45) is 3.44. The van der Waals surface area contributed by atoms with Crippen molar-refractivity contribution >= 4 is 23.2 Å². The van der Waals surface area contributed by atoms with Crippen LogP contribution in [-0.2, 0) is 11.3 Å². The molecular weight excluding hydrogens is 360 g/mol. The SMILES string of the molecule is C=CCOc1ccc(NC(=O)C2CCN(Cc3cccc(Cl)c3)CC2)cc1. The monoisotopic (exact) mass is 384 g/mol. The molecule has 27 heavy (non-hydrogen) atoms. The van der Waals surface area contributed by atoms with Crippen molar-refractivity contribution in [3.05, 3.63) is 71.8 Å². The fourth-order valence-electron chi connectivity index (χ4n) is 3.28. The molecule has 3 rings (SSSR count). The molecular formula is C22H25ClN2O2. The van der Waals surface area contributed by atoms with Crippen molar-refractivity contribution in [1.82, 2.24) is 4.90 Å². The Morgan fingerprint density at radius 3 is 2.63 bits per heavy atom. The van der Waals surface area contributed by atoms with Gasteiger partial charge < -0.3 is 10.1 Å². The number of hydrogen-bond acceptors (Lipinski definition) is 3. The van der Waals surface area contributed by atoms with Crippen LogP contribution in [0.5, 0.6) is 5.75 Å². The quantitative estimate of drug-likeness (QED) is 0.700. The average molecular weight is 385 g/mol. The van der Waals surface area contributed by atoms with Gasteiger partial charge in [0.05, 0.1) is 0 Å². The molecule has 0 unspecified atom stereocenters. The number of likely N-dealkylation sites (tertiary alicyclic amines) is 1. The molecule has 1 aliphatic heterocycles. The molecule has 5 heteroatoms. The highest BCUT2D eigenvalue weighted by atomic mass is 35.5. The van der Waals surface area contributed by atoms with E-state index in [-0.39, 0.29) is 11.8 Å². The number of ether oxygens (including phenoxy) is 1. The molecule has 2 aromatic carbocycles. The number of rotatable bonds is 7. The average Bonchev–Trinajstić information content (AvgIpc) is 2.68. The second kappa shape index (κ2) is 9.58. The van der Waals surface area contributed by atoms with Gasteiger partial charge in [-0.1, -0.05) is 36.4 Å². The Labute approximate surface area is 165 Å². The summed E-state index contributed by atoms with van der Waals surface area (Å²) in [7, 11) is 0. The van der Waals surface area contributed by atoms with E-state index >= 15 is 0 Å². The maximum atomic E-state index is 12.5. The normalized spacial score (nSPS) is 15.3. The lowest BCUT2D eigenvalue weighted by Gasteiger charge is -2.31. The third kappa shape index (κ3) is 5.84. The Balaban J connectivity index is 1.46. The molecule has 1 aliphatic rings. The first-order valence-corrected chi connectivity index (χ1v) is 9.63. The van der Waals surface area contributed by atoms with Crippen molar-refractivity contribution in [3.8, 4) is 5.75 Å². The zero-order valence-electron chi connectivity index (χ0n) is 15.4. The number of halogens is 1. The van der Waals surface area contributed by atoms with E-state index in [4.69, 9.17) is 16.3 Å². The molecule has 0 bridgehead atoms. The second-order valence-electron chi connectivity index (χ2n) is 6.79. The Kier molecular flexibility index (Phi) is 6.91. The molecule has 1 saturated heterocycles. The van der Waals surface area contributed by atoms with Crippen LogP contribution in [0.2, 0.25) is 5.02 Å². The van der Waals surface area contributed by atoms with Crippen LogP contribution in [-0.4, -0.2) is 30.5 Å². The van der Waals surface area contributed by atoms with Crippen LogP contribution in [0.25, 0.3) is 0 Å². The lowest BCUT2D eigenvalue weighted by molar-refractivity contribution is -0.121. The van der Waals surface area contributed by atoms with Gasteiger partial charge in [0.15, 0.2) is 0 Å². The number of carbonyl (C=O) groups is 1. The minimum Gasteiger partial charge on any atom is -0.490 e. The molecule has 1 N–H and O–H groups in total. The van der Waals surface area contributed by atoms with E-state index in [1.807, 2.05) is 42.5 Å². The first kappa shape index (κ1) is 19.5. The number of anilines is 1. The lowest BCUT2D eigenvalue weighted by atomic mass is 9.95. The van der Waals surface area contributed by atoms with Crippen molar-refractivity contribution in [2.24, 2.45) is 5.92 Å². The molecule has 4 nitrogen and oxygen atoms in total. The predicted octanol–water partition coefficient (Wildman–Crippen LogP) is 4.76. The van der Waals surface area contributed by atoms with E-state index in [0.29, 0.717) is 6.61 Å². The molecule has 0 aromatic heterocycles. The van der Waals surface area contributed by atoms with E-state index in [1.165, 1.54) is 5.56 Å². The highest BCUT2D eigenvalue weighted by Crippen LogP contribution is 2.22. The van der Waals surface area contributed by atoms with Gasteiger partial charge in [-0.05, 0) is 67.9 Å². The van der Waals surface area contributed by atoms with Gasteiger partial charge in [0.1, 0.15) is 12.4 Å². The summed E-state index contributed by atoms with van der Waals surface area (Å²) >= 11 is 6.06. The number of nitrogens with zero attached hydrogens (tertiary/aromatic N) is 1. The fraction of sp³-hybridized carbons (Fsp3) is 0.318. The van der Waals surface area contributed by atoms with Crippen molar-refractivity contribution in [1.29, 1.82) is 0 Å². The minimum atomic E-state index is 0.0531. The van der Waals surface area contributed by atoms with Gasteiger partial charge in [-0.2, -0.15) is 0 Å². The van der Waals surface area contributed by atoms with Crippen LogP contribution in [0.15, 0.2) is 61.2 Å². The predicted molar refractivity (Wildman–Crippen MR) is 110 cm³/mol. The molecule has 0 saturated carbocycles. The fourth-order valence-corrected chi connectivity index (χ4v) is 3.49. The Hall–Kier alpha value is -2.30. The second-order valence-corrected chi connectivity index (χ2v) is 7.23. The number of hydrogen-bond donors (Lipinski definition) is 1. The van der Waals surface area contributed by atoms with Gasteiger partial charge in [0.25, 0.3) is 0 Å². The summed E-state index contributed by atoms with van der Waals surface area (Å²) in [4.78, 5) is 14.9. The number of benzene rings is 2. The number of amides is 1. The molecule has 142 valence electrons. The van der Waals surface area contributed by atoms with E-state index in [2.05, 4.69) is 22.9 Å². The number of carbonyl (C=O) groups excluding carboxylic acids is 1.